The molecular formula is C3H10NO4P. The molecule has 6 heteroatoms. The Morgan fingerprint density at radius 1 is 1.44 bits per heavy atom. The highest BCUT2D eigenvalue weighted by Gasteiger charge is 2.10. The van der Waals surface area contributed by atoms with Gasteiger partial charge in [0.2, 0.25) is 0 Å². The summed E-state index contributed by atoms with van der Waals surface area (Å²) < 4.78 is 10.1. The van der Waals surface area contributed by atoms with Crippen molar-refractivity contribution in [3.8, 4) is 0 Å². The number of nitrogens with one attached hydrogen (secondary N) is 1. The van der Waals surface area contributed by atoms with E-state index in [1.54, 1.807) is 0 Å². The van der Waals surface area contributed by atoms with Crippen LogP contribution in [-0.4, -0.2) is 34.3 Å². The SMILES string of the molecule is O=P(O)(O)CCNCO. The monoisotopic (exact) mass is 155 g/mol. The van der Waals surface area contributed by atoms with E-state index >= 15 is 0 Å². The zero-order valence-corrected chi connectivity index (χ0v) is 5.71. The first-order valence-corrected chi connectivity index (χ1v) is 4.22. The highest BCUT2D eigenvalue weighted by atomic mass is 31.2. The maximum atomic E-state index is 10.1. The lowest BCUT2D eigenvalue weighted by molar-refractivity contribution is 0.263. The minimum atomic E-state index is -3.87. The highest BCUT2D eigenvalue weighted by molar-refractivity contribution is 7.51. The summed E-state index contributed by atoms with van der Waals surface area (Å²) in [5, 5.41) is 10.5. The Kier molecular flexibility index (Phi) is 4.01. The van der Waals surface area contributed by atoms with Gasteiger partial charge in [-0.15, -0.1) is 0 Å². The molecule has 0 aromatic rings. The molecule has 0 aromatic heterocycles. The zero-order chi connectivity index (χ0) is 7.33. The topological polar surface area (TPSA) is 89.8 Å². The van der Waals surface area contributed by atoms with Gasteiger partial charge in [-0.1, -0.05) is 0 Å². The Morgan fingerprint density at radius 3 is 2.33 bits per heavy atom. The molecule has 56 valence electrons. The fraction of sp³-hybridized carbons (Fsp3) is 1.00. The molecule has 0 fully saturated rings. The molecule has 0 amide bonds. The predicted octanol–water partition coefficient (Wildman–Crippen LogP) is -1.30. The summed E-state index contributed by atoms with van der Waals surface area (Å²) in [4.78, 5) is 16.5. The number of hydrogen-bond acceptors (Lipinski definition) is 3. The Labute approximate surface area is 52.9 Å². The van der Waals surface area contributed by atoms with Gasteiger partial charge in [0, 0.05) is 6.54 Å². The molecular weight excluding hydrogens is 145 g/mol. The molecule has 9 heavy (non-hydrogen) atoms. The number of rotatable bonds is 4. The van der Waals surface area contributed by atoms with Crippen molar-refractivity contribution in [2.75, 3.05) is 19.4 Å². The standard InChI is InChI=1S/C3H10NO4P/c5-3-4-1-2-9(6,7)8/h4-5H,1-3H2,(H2,6,7,8). The smallest absolute Gasteiger partial charge is 0.326 e. The van der Waals surface area contributed by atoms with E-state index in [1.165, 1.54) is 0 Å². The van der Waals surface area contributed by atoms with Crippen LogP contribution in [0.25, 0.3) is 0 Å². The van der Waals surface area contributed by atoms with E-state index in [9.17, 15) is 4.57 Å². The lowest BCUT2D eigenvalue weighted by Gasteiger charge is -2.01. The van der Waals surface area contributed by atoms with Crippen LogP contribution in [0.15, 0.2) is 0 Å². The van der Waals surface area contributed by atoms with Crippen LogP contribution in [0.2, 0.25) is 0 Å². The Balaban J connectivity index is 3.18. The first kappa shape index (κ1) is 9.07. The molecule has 0 aliphatic heterocycles. The van der Waals surface area contributed by atoms with E-state index in [2.05, 4.69) is 5.32 Å². The Hall–Kier alpha value is 0.0700. The summed E-state index contributed by atoms with van der Waals surface area (Å²) in [6.45, 7) is -0.110. The zero-order valence-electron chi connectivity index (χ0n) is 4.82. The van der Waals surface area contributed by atoms with Crippen molar-refractivity contribution < 1.29 is 19.5 Å². The van der Waals surface area contributed by atoms with Gasteiger partial charge in [0.25, 0.3) is 0 Å². The van der Waals surface area contributed by atoms with Crippen LogP contribution in [0.4, 0.5) is 0 Å². The van der Waals surface area contributed by atoms with Gasteiger partial charge < -0.3 is 14.9 Å². The third kappa shape index (κ3) is 8.07. The van der Waals surface area contributed by atoms with Crippen LogP contribution in [0.3, 0.4) is 0 Å². The van der Waals surface area contributed by atoms with Crippen LogP contribution in [0.5, 0.6) is 0 Å². The van der Waals surface area contributed by atoms with Gasteiger partial charge in [0.05, 0.1) is 12.9 Å². The maximum absolute atomic E-state index is 10.1. The van der Waals surface area contributed by atoms with E-state index in [1.807, 2.05) is 0 Å². The minimum absolute atomic E-state index is 0.140. The van der Waals surface area contributed by atoms with E-state index in [-0.39, 0.29) is 19.4 Å². The van der Waals surface area contributed by atoms with Crippen molar-refractivity contribution in [1.82, 2.24) is 5.32 Å². The van der Waals surface area contributed by atoms with E-state index in [4.69, 9.17) is 14.9 Å². The molecule has 0 atom stereocenters. The third-order valence-electron chi connectivity index (χ3n) is 0.692. The fourth-order valence-electron chi connectivity index (χ4n) is 0.304. The average Bonchev–Trinajstić information content (AvgIpc) is 1.63. The van der Waals surface area contributed by atoms with Crippen molar-refractivity contribution in [3.05, 3.63) is 0 Å². The molecule has 0 radical (unpaired) electrons. The summed E-state index contributed by atoms with van der Waals surface area (Å²) in [5.74, 6) is 0. The van der Waals surface area contributed by atoms with Gasteiger partial charge in [-0.25, -0.2) is 0 Å². The van der Waals surface area contributed by atoms with Gasteiger partial charge in [0.15, 0.2) is 0 Å². The third-order valence-corrected chi connectivity index (χ3v) is 1.50. The van der Waals surface area contributed by atoms with E-state index in [0.29, 0.717) is 0 Å². The number of aliphatic hydroxyl groups excluding tert-OH is 1. The van der Waals surface area contributed by atoms with Gasteiger partial charge in [-0.2, -0.15) is 0 Å². The number of hydrogen-bond donors (Lipinski definition) is 4. The molecule has 0 aliphatic rings. The van der Waals surface area contributed by atoms with E-state index in [0.717, 1.165) is 0 Å². The van der Waals surface area contributed by atoms with Crippen LogP contribution in [0.1, 0.15) is 0 Å². The second-order valence-corrected chi connectivity index (χ2v) is 3.32. The van der Waals surface area contributed by atoms with Crippen LogP contribution in [-0.2, 0) is 4.57 Å². The first-order chi connectivity index (χ1) is 4.06. The molecule has 0 saturated carbocycles. The molecule has 0 heterocycles. The Morgan fingerprint density at radius 2 is 2.00 bits per heavy atom. The van der Waals surface area contributed by atoms with Crippen molar-refractivity contribution in [2.45, 2.75) is 0 Å². The number of aliphatic hydroxyl groups is 1. The molecule has 0 aliphatic carbocycles. The van der Waals surface area contributed by atoms with Gasteiger partial charge in [-0.3, -0.25) is 9.88 Å². The van der Waals surface area contributed by atoms with Gasteiger partial charge in [0.1, 0.15) is 0 Å². The molecule has 0 aromatic carbocycles. The molecule has 0 rings (SSSR count). The molecule has 4 N–H and O–H groups in total. The van der Waals surface area contributed by atoms with Crippen LogP contribution < -0.4 is 5.32 Å². The quantitative estimate of drug-likeness (QED) is 0.230. The first-order valence-electron chi connectivity index (χ1n) is 2.42. The van der Waals surface area contributed by atoms with Crippen molar-refractivity contribution in [1.29, 1.82) is 0 Å². The van der Waals surface area contributed by atoms with Crippen molar-refractivity contribution >= 4 is 7.60 Å². The molecule has 0 unspecified atom stereocenters. The molecule has 0 bridgehead atoms. The fourth-order valence-corrected chi connectivity index (χ4v) is 0.753. The molecule has 5 nitrogen and oxygen atoms in total. The largest absolute Gasteiger partial charge is 0.381 e. The van der Waals surface area contributed by atoms with Gasteiger partial charge in [-0.05, 0) is 0 Å². The van der Waals surface area contributed by atoms with Crippen molar-refractivity contribution in [3.63, 3.8) is 0 Å². The Bertz CT molecular complexity index is 110. The van der Waals surface area contributed by atoms with E-state index < -0.39 is 7.60 Å². The van der Waals surface area contributed by atoms with Crippen LogP contribution in [0, 0.1) is 0 Å². The second kappa shape index (κ2) is 3.98. The predicted molar refractivity (Wildman–Crippen MR) is 32.0 cm³/mol. The summed E-state index contributed by atoms with van der Waals surface area (Å²) in [7, 11) is -3.87. The average molecular weight is 155 g/mol. The summed E-state index contributed by atoms with van der Waals surface area (Å²) in [5.41, 5.74) is 0. The lowest BCUT2D eigenvalue weighted by atomic mass is 10.8. The summed E-state index contributed by atoms with van der Waals surface area (Å²) in [6, 6.07) is 0. The van der Waals surface area contributed by atoms with Gasteiger partial charge >= 0.3 is 7.60 Å². The summed E-state index contributed by atoms with van der Waals surface area (Å²) in [6.07, 6.45) is -0.229. The maximum Gasteiger partial charge on any atom is 0.326 e. The second-order valence-electron chi connectivity index (χ2n) is 1.55. The normalized spacial score (nSPS) is 11.9. The molecule has 0 spiro atoms. The highest BCUT2D eigenvalue weighted by Crippen LogP contribution is 2.32. The summed E-state index contributed by atoms with van der Waals surface area (Å²) >= 11 is 0. The lowest BCUT2D eigenvalue weighted by Crippen LogP contribution is -2.18. The van der Waals surface area contributed by atoms with Crippen LogP contribution >= 0.6 is 7.60 Å². The molecule has 0 saturated heterocycles. The van der Waals surface area contributed by atoms with Crippen molar-refractivity contribution in [2.24, 2.45) is 0 Å². The minimum Gasteiger partial charge on any atom is -0.381 e.